The molecule has 0 aromatic heterocycles. The third-order valence-electron chi connectivity index (χ3n) is 8.54. The van der Waals surface area contributed by atoms with Crippen LogP contribution in [0.15, 0.2) is 121 Å². The van der Waals surface area contributed by atoms with Crippen LogP contribution in [0.25, 0.3) is 0 Å². The average molecular weight is 744 g/mol. The molecule has 6 aromatic carbocycles. The molecule has 58 heavy (non-hydrogen) atoms. The van der Waals surface area contributed by atoms with Crippen LogP contribution in [0.5, 0.6) is 17.2 Å². The fourth-order valence-corrected chi connectivity index (χ4v) is 5.52. The van der Waals surface area contributed by atoms with Gasteiger partial charge in [-0.05, 0) is 97.1 Å². The number of methoxy groups -OCH3 is 3. The Labute approximate surface area is 338 Å². The number of ether oxygens (including phenoxy) is 3. The number of benzene rings is 6. The number of rotatable bonds is 3. The number of hydrogen-bond donors (Lipinski definition) is 0. The van der Waals surface area contributed by atoms with E-state index in [-0.39, 0.29) is 0 Å². The molecule has 0 heterocycles. The Kier molecular flexibility index (Phi) is 12.6. The Morgan fingerprint density at radius 3 is 1.05 bits per heavy atom. The molecular weight excluding hydrogens is 715 g/mol. The van der Waals surface area contributed by atoms with Crippen LogP contribution in [0.3, 0.4) is 0 Å². The van der Waals surface area contributed by atoms with Gasteiger partial charge in [-0.1, -0.05) is 83.5 Å². The van der Waals surface area contributed by atoms with E-state index in [0.29, 0.717) is 78.4 Å². The van der Waals surface area contributed by atoms with Crippen molar-refractivity contribution in [2.75, 3.05) is 21.3 Å². The molecule has 6 nitrogen and oxygen atoms in total. The largest absolute Gasteiger partial charge is 0.495 e. The fraction of sp³-hybridized carbons (Fsp3) is 0.0577. The SMILES string of the molecule is COc1ccccc1C#Cc1ccc(C#Cc2ccc(C#Cc3ccc(C#Cc4ccc(C#Cc5ccccc5C#N)cc4C#N)cc3C#N)c(OC)c2)c(OC)c1. The second-order valence-electron chi connectivity index (χ2n) is 12.2. The van der Waals surface area contributed by atoms with Crippen molar-refractivity contribution in [1.82, 2.24) is 0 Å². The summed E-state index contributed by atoms with van der Waals surface area (Å²) in [4.78, 5) is 0. The van der Waals surface area contributed by atoms with E-state index in [1.165, 1.54) is 0 Å². The van der Waals surface area contributed by atoms with Crippen LogP contribution in [0.1, 0.15) is 72.3 Å². The van der Waals surface area contributed by atoms with Crippen LogP contribution in [0, 0.1) is 93.2 Å². The van der Waals surface area contributed by atoms with Gasteiger partial charge in [0, 0.05) is 38.9 Å². The summed E-state index contributed by atoms with van der Waals surface area (Å²) >= 11 is 0. The number of nitrogens with zero attached hydrogens (tertiary/aromatic N) is 3. The summed E-state index contributed by atoms with van der Waals surface area (Å²) in [7, 11) is 4.78. The second kappa shape index (κ2) is 18.8. The fourth-order valence-electron chi connectivity index (χ4n) is 5.52. The maximum atomic E-state index is 9.94. The van der Waals surface area contributed by atoms with Crippen molar-refractivity contribution in [1.29, 1.82) is 15.8 Å². The molecule has 0 bridgehead atoms. The quantitative estimate of drug-likeness (QED) is 0.169. The third kappa shape index (κ3) is 9.55. The Hall–Kier alpha value is -9.01. The second-order valence-corrected chi connectivity index (χ2v) is 12.2. The average Bonchev–Trinajstić information content (AvgIpc) is 3.28. The van der Waals surface area contributed by atoms with Gasteiger partial charge in [0.25, 0.3) is 0 Å². The predicted octanol–water partition coefficient (Wildman–Crippen LogP) is 8.33. The Morgan fingerprint density at radius 1 is 0.293 bits per heavy atom. The highest BCUT2D eigenvalue weighted by Gasteiger charge is 2.06. The molecule has 0 atom stereocenters. The summed E-state index contributed by atoms with van der Waals surface area (Å²) in [5.74, 6) is 32.8. The molecule has 0 radical (unpaired) electrons. The molecule has 6 rings (SSSR count). The van der Waals surface area contributed by atoms with Gasteiger partial charge in [0.1, 0.15) is 35.5 Å². The molecule has 0 saturated heterocycles. The lowest BCUT2D eigenvalue weighted by atomic mass is 10.0. The van der Waals surface area contributed by atoms with Gasteiger partial charge < -0.3 is 14.2 Å². The van der Waals surface area contributed by atoms with Gasteiger partial charge >= 0.3 is 0 Å². The van der Waals surface area contributed by atoms with Crippen molar-refractivity contribution in [2.24, 2.45) is 0 Å². The molecule has 0 aliphatic carbocycles. The van der Waals surface area contributed by atoms with Crippen LogP contribution in [-0.2, 0) is 0 Å². The van der Waals surface area contributed by atoms with Gasteiger partial charge in [0.2, 0.25) is 0 Å². The van der Waals surface area contributed by atoms with Crippen molar-refractivity contribution < 1.29 is 14.2 Å². The van der Waals surface area contributed by atoms with Crippen molar-refractivity contribution in [3.8, 4) is 94.7 Å². The first-order valence-corrected chi connectivity index (χ1v) is 17.6. The minimum absolute atomic E-state index is 0.357. The number of hydrogen-bond acceptors (Lipinski definition) is 6. The van der Waals surface area contributed by atoms with Crippen LogP contribution in [0.2, 0.25) is 0 Å². The van der Waals surface area contributed by atoms with Gasteiger partial charge in [0.05, 0.1) is 54.7 Å². The first kappa shape index (κ1) is 38.7. The van der Waals surface area contributed by atoms with Gasteiger partial charge in [-0.15, -0.1) is 0 Å². The Balaban J connectivity index is 1.17. The molecule has 0 N–H and O–H groups in total. The van der Waals surface area contributed by atoms with Crippen molar-refractivity contribution in [2.45, 2.75) is 0 Å². The minimum atomic E-state index is 0.357. The van der Waals surface area contributed by atoms with E-state index in [1.54, 1.807) is 75.9 Å². The zero-order valence-corrected chi connectivity index (χ0v) is 31.6. The third-order valence-corrected chi connectivity index (χ3v) is 8.54. The van der Waals surface area contributed by atoms with Crippen LogP contribution in [0.4, 0.5) is 0 Å². The highest BCUT2D eigenvalue weighted by atomic mass is 16.5. The van der Waals surface area contributed by atoms with E-state index in [1.807, 2.05) is 66.7 Å². The molecular formula is C52H29N3O3. The minimum Gasteiger partial charge on any atom is -0.495 e. The summed E-state index contributed by atoms with van der Waals surface area (Å²) in [5, 5.41) is 29.1. The maximum absolute atomic E-state index is 9.94. The molecule has 0 saturated carbocycles. The molecule has 0 fully saturated rings. The van der Waals surface area contributed by atoms with Crippen LogP contribution >= 0.6 is 0 Å². The van der Waals surface area contributed by atoms with E-state index >= 15 is 0 Å². The predicted molar refractivity (Wildman–Crippen MR) is 222 cm³/mol. The summed E-state index contributed by atoms with van der Waals surface area (Å²) in [6, 6.07) is 42.6. The normalized spacial score (nSPS) is 9.24. The lowest BCUT2D eigenvalue weighted by Crippen LogP contribution is -1.91. The van der Waals surface area contributed by atoms with Gasteiger partial charge in [-0.3, -0.25) is 0 Å². The van der Waals surface area contributed by atoms with Crippen LogP contribution in [-0.4, -0.2) is 21.3 Å². The van der Waals surface area contributed by atoms with Gasteiger partial charge in [-0.2, -0.15) is 15.8 Å². The number of nitriles is 3. The van der Waals surface area contributed by atoms with Crippen molar-refractivity contribution in [3.63, 3.8) is 0 Å². The summed E-state index contributed by atoms with van der Waals surface area (Å²) in [6.07, 6.45) is 0. The van der Waals surface area contributed by atoms with Crippen molar-refractivity contribution in [3.05, 3.63) is 194 Å². The molecule has 6 heteroatoms. The van der Waals surface area contributed by atoms with Crippen molar-refractivity contribution >= 4 is 0 Å². The summed E-state index contributed by atoms with van der Waals surface area (Å²) in [5.41, 5.74) is 7.70. The number of para-hydroxylation sites is 1. The first-order valence-electron chi connectivity index (χ1n) is 17.6. The summed E-state index contributed by atoms with van der Waals surface area (Å²) < 4.78 is 16.7. The van der Waals surface area contributed by atoms with Crippen LogP contribution < -0.4 is 14.2 Å². The summed E-state index contributed by atoms with van der Waals surface area (Å²) in [6.45, 7) is 0. The molecule has 0 amide bonds. The van der Waals surface area contributed by atoms with E-state index in [0.717, 1.165) is 11.1 Å². The smallest absolute Gasteiger partial charge is 0.135 e. The molecule has 0 aliphatic rings. The monoisotopic (exact) mass is 743 g/mol. The maximum Gasteiger partial charge on any atom is 0.135 e. The van der Waals surface area contributed by atoms with E-state index in [9.17, 15) is 15.8 Å². The highest BCUT2D eigenvalue weighted by molar-refractivity contribution is 5.61. The lowest BCUT2D eigenvalue weighted by molar-refractivity contribution is 0.413. The van der Waals surface area contributed by atoms with E-state index in [2.05, 4.69) is 77.4 Å². The van der Waals surface area contributed by atoms with E-state index < -0.39 is 0 Å². The first-order chi connectivity index (χ1) is 28.4. The zero-order chi connectivity index (χ0) is 40.7. The Morgan fingerprint density at radius 2 is 0.603 bits per heavy atom. The van der Waals surface area contributed by atoms with Gasteiger partial charge in [-0.25, -0.2) is 0 Å². The molecule has 0 aliphatic heterocycles. The Bertz CT molecular complexity index is 3040. The lowest BCUT2D eigenvalue weighted by Gasteiger charge is -2.05. The topological polar surface area (TPSA) is 99.1 Å². The molecule has 270 valence electrons. The molecule has 0 spiro atoms. The van der Waals surface area contributed by atoms with E-state index in [4.69, 9.17) is 14.2 Å². The highest BCUT2D eigenvalue weighted by Crippen LogP contribution is 2.23. The van der Waals surface area contributed by atoms with Gasteiger partial charge in [0.15, 0.2) is 0 Å². The molecule has 0 unspecified atom stereocenters. The molecule has 6 aromatic rings. The zero-order valence-electron chi connectivity index (χ0n) is 31.6. The standard InChI is InChI=1S/C52H29N3O3/c1-56-50-11-7-6-9-44(50)24-16-39-17-25-45(51(32-39)57-2)26-18-40-19-27-46(52(33-40)58-3)29-28-43-23-15-38(31-49(43)36-55)14-22-42-21-13-37(30-48(42)35-54)12-20-41-8-4-5-10-47(41)34-53/h4-11,13,15,17,19,21,23,25,27,30-33H,1-3H3.